The molecule has 2 nitrogen and oxygen atoms in total. The molecule has 1 saturated carbocycles. The molecule has 0 bridgehead atoms. The van der Waals surface area contributed by atoms with Crippen molar-refractivity contribution in [2.24, 2.45) is 0 Å². The zero-order valence-electron chi connectivity index (χ0n) is 7.61. The lowest BCUT2D eigenvalue weighted by Gasteiger charge is -2.32. The highest BCUT2D eigenvalue weighted by Gasteiger charge is 2.32. The molecule has 0 amide bonds. The number of carboxylic acid groups (broad SMARTS) is 1. The standard InChI is InChI=1S/C11H11ClO2/c12-10-6-5-8(10)7-3-1-2-4-9(7)11(13)14/h1-4,8,10H,5-6H2,(H,13,14). The van der Waals surface area contributed by atoms with E-state index in [1.807, 2.05) is 12.1 Å². The Balaban J connectivity index is 2.36. The Kier molecular flexibility index (Phi) is 2.46. The molecule has 3 heteroatoms. The smallest absolute Gasteiger partial charge is 0.335 e. The van der Waals surface area contributed by atoms with Crippen LogP contribution in [0, 0.1) is 0 Å². The van der Waals surface area contributed by atoms with E-state index in [-0.39, 0.29) is 11.3 Å². The number of halogens is 1. The maximum absolute atomic E-state index is 10.9. The summed E-state index contributed by atoms with van der Waals surface area (Å²) in [6, 6.07) is 7.11. The van der Waals surface area contributed by atoms with Crippen molar-refractivity contribution in [2.45, 2.75) is 24.1 Å². The first-order valence-electron chi connectivity index (χ1n) is 4.66. The average Bonchev–Trinajstić information content (AvgIpc) is 2.16. The Morgan fingerprint density at radius 2 is 2.07 bits per heavy atom. The highest BCUT2D eigenvalue weighted by Crippen LogP contribution is 2.41. The Labute approximate surface area is 87.5 Å². The fraction of sp³-hybridized carbons (Fsp3) is 0.364. The molecule has 1 aromatic carbocycles. The highest BCUT2D eigenvalue weighted by atomic mass is 35.5. The molecule has 0 heterocycles. The second kappa shape index (κ2) is 3.62. The van der Waals surface area contributed by atoms with Crippen LogP contribution in [0.3, 0.4) is 0 Å². The predicted octanol–water partition coefficient (Wildman–Crippen LogP) is 2.87. The van der Waals surface area contributed by atoms with Gasteiger partial charge in [-0.1, -0.05) is 18.2 Å². The molecular weight excluding hydrogens is 200 g/mol. The van der Waals surface area contributed by atoms with E-state index in [1.54, 1.807) is 12.1 Å². The fourth-order valence-electron chi connectivity index (χ4n) is 1.82. The first kappa shape index (κ1) is 9.53. The van der Waals surface area contributed by atoms with E-state index in [9.17, 15) is 4.79 Å². The summed E-state index contributed by atoms with van der Waals surface area (Å²) in [5, 5.41) is 9.08. The molecule has 0 saturated heterocycles. The third-order valence-corrected chi connectivity index (χ3v) is 3.30. The molecule has 2 unspecified atom stereocenters. The molecule has 14 heavy (non-hydrogen) atoms. The van der Waals surface area contributed by atoms with Crippen molar-refractivity contribution in [3.63, 3.8) is 0 Å². The van der Waals surface area contributed by atoms with Gasteiger partial charge in [-0.25, -0.2) is 4.79 Å². The molecule has 1 aliphatic carbocycles. The molecule has 1 aromatic rings. The maximum atomic E-state index is 10.9. The molecule has 2 rings (SSSR count). The van der Waals surface area contributed by atoms with Crippen LogP contribution in [0.1, 0.15) is 34.7 Å². The summed E-state index contributed by atoms with van der Waals surface area (Å²) in [6.45, 7) is 0. The van der Waals surface area contributed by atoms with Crippen LogP contribution in [-0.2, 0) is 0 Å². The third-order valence-electron chi connectivity index (χ3n) is 2.78. The van der Waals surface area contributed by atoms with Gasteiger partial charge in [-0.2, -0.15) is 0 Å². The Hall–Kier alpha value is -1.02. The SMILES string of the molecule is O=C(O)c1ccccc1C1CCC1Cl. The highest BCUT2D eigenvalue weighted by molar-refractivity contribution is 6.21. The Morgan fingerprint density at radius 1 is 1.36 bits per heavy atom. The second-order valence-electron chi connectivity index (χ2n) is 3.59. The van der Waals surface area contributed by atoms with Crippen molar-refractivity contribution >= 4 is 17.6 Å². The molecule has 0 radical (unpaired) electrons. The van der Waals surface area contributed by atoms with Gasteiger partial charge >= 0.3 is 5.97 Å². The van der Waals surface area contributed by atoms with Crippen molar-refractivity contribution in [1.29, 1.82) is 0 Å². The first-order valence-corrected chi connectivity index (χ1v) is 5.10. The minimum absolute atomic E-state index is 0.107. The van der Waals surface area contributed by atoms with Crippen molar-refractivity contribution < 1.29 is 9.90 Å². The predicted molar refractivity (Wildman–Crippen MR) is 55.0 cm³/mol. The van der Waals surface area contributed by atoms with Crippen LogP contribution in [0.4, 0.5) is 0 Å². The van der Waals surface area contributed by atoms with E-state index < -0.39 is 5.97 Å². The molecule has 0 aliphatic heterocycles. The van der Waals surface area contributed by atoms with Gasteiger partial charge in [0.2, 0.25) is 0 Å². The normalized spacial score (nSPS) is 25.5. The van der Waals surface area contributed by atoms with Crippen molar-refractivity contribution in [3.8, 4) is 0 Å². The minimum atomic E-state index is -0.864. The van der Waals surface area contributed by atoms with Crippen molar-refractivity contribution in [3.05, 3.63) is 35.4 Å². The lowest BCUT2D eigenvalue weighted by Crippen LogP contribution is -2.25. The van der Waals surface area contributed by atoms with Crippen LogP contribution in [-0.4, -0.2) is 16.5 Å². The van der Waals surface area contributed by atoms with Gasteiger partial charge in [-0.15, -0.1) is 11.6 Å². The van der Waals surface area contributed by atoms with Gasteiger partial charge in [0.05, 0.1) is 5.56 Å². The van der Waals surface area contributed by atoms with Gasteiger partial charge in [0, 0.05) is 11.3 Å². The average molecular weight is 211 g/mol. The number of rotatable bonds is 2. The van der Waals surface area contributed by atoms with Gasteiger partial charge in [0.25, 0.3) is 0 Å². The van der Waals surface area contributed by atoms with E-state index in [0.717, 1.165) is 18.4 Å². The number of carbonyl (C=O) groups is 1. The van der Waals surface area contributed by atoms with E-state index in [4.69, 9.17) is 16.7 Å². The Morgan fingerprint density at radius 3 is 2.57 bits per heavy atom. The van der Waals surface area contributed by atoms with E-state index >= 15 is 0 Å². The summed E-state index contributed by atoms with van der Waals surface area (Å²) in [5.74, 6) is -0.639. The minimum Gasteiger partial charge on any atom is -0.478 e. The summed E-state index contributed by atoms with van der Waals surface area (Å²) < 4.78 is 0. The topological polar surface area (TPSA) is 37.3 Å². The first-order chi connectivity index (χ1) is 6.70. The molecular formula is C11H11ClO2. The molecule has 74 valence electrons. The molecule has 1 aliphatic rings. The lowest BCUT2D eigenvalue weighted by molar-refractivity contribution is 0.0694. The van der Waals surface area contributed by atoms with Crippen LogP contribution >= 0.6 is 11.6 Å². The Bertz CT molecular complexity index is 362. The van der Waals surface area contributed by atoms with Crippen LogP contribution < -0.4 is 0 Å². The third kappa shape index (κ3) is 1.50. The number of carboxylic acids is 1. The van der Waals surface area contributed by atoms with Crippen LogP contribution in [0.2, 0.25) is 0 Å². The fourth-order valence-corrected chi connectivity index (χ4v) is 2.21. The summed E-state index contributed by atoms with van der Waals surface area (Å²) in [5.41, 5.74) is 1.27. The summed E-state index contributed by atoms with van der Waals surface area (Å²) in [6.07, 6.45) is 1.98. The molecule has 0 spiro atoms. The van der Waals surface area contributed by atoms with Crippen LogP contribution in [0.15, 0.2) is 24.3 Å². The van der Waals surface area contributed by atoms with Gasteiger partial charge in [0.15, 0.2) is 0 Å². The lowest BCUT2D eigenvalue weighted by atomic mass is 9.77. The van der Waals surface area contributed by atoms with Crippen molar-refractivity contribution in [1.82, 2.24) is 0 Å². The number of alkyl halides is 1. The van der Waals surface area contributed by atoms with Crippen LogP contribution in [0.5, 0.6) is 0 Å². The number of hydrogen-bond acceptors (Lipinski definition) is 1. The second-order valence-corrected chi connectivity index (χ2v) is 4.15. The van der Waals surface area contributed by atoms with Gasteiger partial charge in [-0.05, 0) is 24.5 Å². The van der Waals surface area contributed by atoms with E-state index in [2.05, 4.69) is 0 Å². The maximum Gasteiger partial charge on any atom is 0.335 e. The summed E-state index contributed by atoms with van der Waals surface area (Å²) >= 11 is 6.03. The van der Waals surface area contributed by atoms with Crippen molar-refractivity contribution in [2.75, 3.05) is 0 Å². The quantitative estimate of drug-likeness (QED) is 0.763. The number of aromatic carboxylic acids is 1. The van der Waals surface area contributed by atoms with E-state index in [1.165, 1.54) is 0 Å². The number of hydrogen-bond donors (Lipinski definition) is 1. The van der Waals surface area contributed by atoms with Crippen LogP contribution in [0.25, 0.3) is 0 Å². The summed E-state index contributed by atoms with van der Waals surface area (Å²) in [7, 11) is 0. The van der Waals surface area contributed by atoms with E-state index in [0.29, 0.717) is 5.56 Å². The number of benzene rings is 1. The van der Waals surface area contributed by atoms with Gasteiger partial charge < -0.3 is 5.11 Å². The largest absolute Gasteiger partial charge is 0.478 e. The van der Waals surface area contributed by atoms with Gasteiger partial charge in [-0.3, -0.25) is 0 Å². The zero-order valence-corrected chi connectivity index (χ0v) is 8.37. The van der Waals surface area contributed by atoms with Gasteiger partial charge in [0.1, 0.15) is 0 Å². The summed E-state index contributed by atoms with van der Waals surface area (Å²) in [4.78, 5) is 10.9. The molecule has 0 aromatic heterocycles. The molecule has 1 N–H and O–H groups in total. The molecule has 1 fully saturated rings. The zero-order chi connectivity index (χ0) is 10.1. The molecule has 2 atom stereocenters. The monoisotopic (exact) mass is 210 g/mol.